The molecule has 9 nitrogen and oxygen atoms in total. The minimum absolute atomic E-state index is 0.0673. The fourth-order valence-electron chi connectivity index (χ4n) is 4.04. The molecular weight excluding hydrogens is 382 g/mol. The lowest BCUT2D eigenvalue weighted by Gasteiger charge is -2.33. The number of nitrogens with one attached hydrogen (secondary N) is 2. The Morgan fingerprint density at radius 2 is 2.07 bits per heavy atom. The molecule has 0 atom stereocenters. The SMILES string of the molecule is CC(=O)Nc1cc(Nc2cc(C)nc(C34COC(C3)C4)n2)c(-c2ccncn2)cn1. The van der Waals surface area contributed by atoms with Crippen molar-refractivity contribution >= 4 is 23.2 Å². The Morgan fingerprint density at radius 1 is 1.20 bits per heavy atom. The summed E-state index contributed by atoms with van der Waals surface area (Å²) < 4.78 is 5.75. The molecule has 2 N–H and O–H groups in total. The molecule has 1 saturated carbocycles. The molecule has 3 aromatic rings. The van der Waals surface area contributed by atoms with E-state index >= 15 is 0 Å². The Kier molecular flexibility index (Phi) is 4.39. The molecule has 0 unspecified atom stereocenters. The van der Waals surface area contributed by atoms with Gasteiger partial charge in [0.2, 0.25) is 5.91 Å². The molecule has 30 heavy (non-hydrogen) atoms. The summed E-state index contributed by atoms with van der Waals surface area (Å²) in [5.41, 5.74) is 3.03. The lowest BCUT2D eigenvalue weighted by atomic mass is 9.69. The van der Waals surface area contributed by atoms with E-state index in [9.17, 15) is 4.79 Å². The van der Waals surface area contributed by atoms with E-state index in [4.69, 9.17) is 9.72 Å². The molecule has 9 heteroatoms. The van der Waals surface area contributed by atoms with Crippen LogP contribution < -0.4 is 10.6 Å². The molecule has 0 aromatic carbocycles. The third-order valence-corrected chi connectivity index (χ3v) is 5.49. The Labute approximate surface area is 173 Å². The maximum Gasteiger partial charge on any atom is 0.222 e. The fraction of sp³-hybridized carbons (Fsp3) is 0.333. The van der Waals surface area contributed by atoms with Crippen molar-refractivity contribution in [2.24, 2.45) is 0 Å². The maximum atomic E-state index is 11.5. The largest absolute Gasteiger partial charge is 0.377 e. The zero-order valence-corrected chi connectivity index (χ0v) is 16.7. The van der Waals surface area contributed by atoms with Crippen LogP contribution in [0.4, 0.5) is 17.3 Å². The highest BCUT2D eigenvalue weighted by molar-refractivity contribution is 5.89. The van der Waals surface area contributed by atoms with Crippen LogP contribution in [0.2, 0.25) is 0 Å². The number of nitrogens with zero attached hydrogens (tertiary/aromatic N) is 5. The third-order valence-electron chi connectivity index (χ3n) is 5.49. The lowest BCUT2D eigenvalue weighted by Crippen LogP contribution is -2.39. The summed E-state index contributed by atoms with van der Waals surface area (Å²) in [6.45, 7) is 4.08. The average Bonchev–Trinajstić information content (AvgIpc) is 3.30. The van der Waals surface area contributed by atoms with Gasteiger partial charge in [0.1, 0.15) is 23.8 Å². The van der Waals surface area contributed by atoms with Gasteiger partial charge >= 0.3 is 0 Å². The average molecular weight is 403 g/mol. The molecule has 6 rings (SSSR count). The first-order valence-electron chi connectivity index (χ1n) is 9.80. The van der Waals surface area contributed by atoms with E-state index in [1.807, 2.05) is 13.0 Å². The Balaban J connectivity index is 1.53. The number of amides is 1. The van der Waals surface area contributed by atoms with Gasteiger partial charge in [0, 0.05) is 42.7 Å². The summed E-state index contributed by atoms with van der Waals surface area (Å²) in [6, 6.07) is 5.47. The molecule has 0 spiro atoms. The number of rotatable bonds is 5. The first kappa shape index (κ1) is 18.6. The summed E-state index contributed by atoms with van der Waals surface area (Å²) in [5.74, 6) is 1.75. The molecule has 0 radical (unpaired) electrons. The molecule has 152 valence electrons. The second kappa shape index (κ2) is 7.10. The predicted molar refractivity (Wildman–Crippen MR) is 110 cm³/mol. The second-order valence-corrected chi connectivity index (χ2v) is 7.86. The summed E-state index contributed by atoms with van der Waals surface area (Å²) in [4.78, 5) is 33.6. The number of hydrogen-bond acceptors (Lipinski definition) is 8. The Morgan fingerprint density at radius 3 is 2.77 bits per heavy atom. The molecule has 3 fully saturated rings. The van der Waals surface area contributed by atoms with Crippen molar-refractivity contribution in [2.45, 2.75) is 38.2 Å². The molecule has 3 aromatic heterocycles. The topological polar surface area (TPSA) is 115 Å². The Bertz CT molecular complexity index is 1110. The monoisotopic (exact) mass is 403 g/mol. The van der Waals surface area contributed by atoms with E-state index in [2.05, 4.69) is 30.6 Å². The van der Waals surface area contributed by atoms with Crippen molar-refractivity contribution in [3.63, 3.8) is 0 Å². The van der Waals surface area contributed by atoms with Gasteiger partial charge in [-0.3, -0.25) is 4.79 Å². The number of pyridine rings is 1. The van der Waals surface area contributed by atoms with Gasteiger partial charge in [-0.05, 0) is 25.8 Å². The zero-order chi connectivity index (χ0) is 20.7. The standard InChI is InChI=1S/C21H21N7O2/c1-12-5-19(28-20(25-12)21-7-14(8-21)30-10-21)27-17-6-18(26-13(2)29)23-9-15(17)16-3-4-22-11-24-16/h3-6,9,11,14H,7-8,10H2,1-2H3,(H2,23,25,26,27,28,29). The van der Waals surface area contributed by atoms with E-state index in [1.165, 1.54) is 13.3 Å². The van der Waals surface area contributed by atoms with Crippen LogP contribution >= 0.6 is 0 Å². The number of carbonyl (C=O) groups excluding carboxylic acids is 1. The van der Waals surface area contributed by atoms with Crippen LogP contribution in [0.1, 0.15) is 31.3 Å². The molecular formula is C21H21N7O2. The lowest BCUT2D eigenvalue weighted by molar-refractivity contribution is -0.114. The Hall–Kier alpha value is -3.46. The van der Waals surface area contributed by atoms with Crippen molar-refractivity contribution in [3.8, 4) is 11.3 Å². The number of ether oxygens (including phenoxy) is 1. The molecule has 1 aliphatic carbocycles. The van der Waals surface area contributed by atoms with Gasteiger partial charge in [-0.25, -0.2) is 24.9 Å². The van der Waals surface area contributed by atoms with E-state index in [1.54, 1.807) is 24.5 Å². The molecule has 2 aliphatic heterocycles. The van der Waals surface area contributed by atoms with Gasteiger partial charge in [-0.2, -0.15) is 0 Å². The molecule has 1 amide bonds. The number of anilines is 3. The van der Waals surface area contributed by atoms with Crippen LogP contribution in [-0.4, -0.2) is 43.5 Å². The van der Waals surface area contributed by atoms with Crippen molar-refractivity contribution in [3.05, 3.63) is 48.4 Å². The first-order valence-corrected chi connectivity index (χ1v) is 9.80. The number of fused-ring (bicyclic) bond motifs is 1. The summed E-state index contributed by atoms with van der Waals surface area (Å²) >= 11 is 0. The van der Waals surface area contributed by atoms with Crippen molar-refractivity contribution in [2.75, 3.05) is 17.2 Å². The first-order chi connectivity index (χ1) is 14.5. The van der Waals surface area contributed by atoms with Gasteiger partial charge in [0.25, 0.3) is 0 Å². The molecule has 5 heterocycles. The number of aromatic nitrogens is 5. The predicted octanol–water partition coefficient (Wildman–Crippen LogP) is 2.77. The van der Waals surface area contributed by atoms with E-state index < -0.39 is 0 Å². The van der Waals surface area contributed by atoms with E-state index in [-0.39, 0.29) is 11.3 Å². The van der Waals surface area contributed by atoms with Crippen LogP contribution in [0.25, 0.3) is 11.3 Å². The van der Waals surface area contributed by atoms with Crippen LogP contribution in [-0.2, 0) is 14.9 Å². The highest BCUT2D eigenvalue weighted by Gasteiger charge is 2.55. The van der Waals surface area contributed by atoms with Gasteiger partial charge in [-0.15, -0.1) is 0 Å². The highest BCUT2D eigenvalue weighted by Crippen LogP contribution is 2.50. The van der Waals surface area contributed by atoms with Gasteiger partial charge in [0.15, 0.2) is 0 Å². The summed E-state index contributed by atoms with van der Waals surface area (Å²) in [6.07, 6.45) is 7.13. The molecule has 2 saturated heterocycles. The van der Waals surface area contributed by atoms with Gasteiger partial charge in [0.05, 0.1) is 29.5 Å². The van der Waals surface area contributed by atoms with Crippen molar-refractivity contribution < 1.29 is 9.53 Å². The van der Waals surface area contributed by atoms with E-state index in [0.29, 0.717) is 30.0 Å². The zero-order valence-electron chi connectivity index (χ0n) is 16.7. The molecule has 2 bridgehead atoms. The molecule has 3 aliphatic rings. The van der Waals surface area contributed by atoms with E-state index in [0.717, 1.165) is 35.6 Å². The quantitative estimate of drug-likeness (QED) is 0.668. The minimum Gasteiger partial charge on any atom is -0.377 e. The van der Waals surface area contributed by atoms with Crippen molar-refractivity contribution in [1.82, 2.24) is 24.9 Å². The number of carbonyl (C=O) groups is 1. The van der Waals surface area contributed by atoms with Gasteiger partial charge in [-0.1, -0.05) is 0 Å². The maximum absolute atomic E-state index is 11.5. The van der Waals surface area contributed by atoms with Crippen LogP contribution in [0.15, 0.2) is 36.9 Å². The summed E-state index contributed by atoms with van der Waals surface area (Å²) in [5, 5.41) is 6.10. The van der Waals surface area contributed by atoms with Crippen molar-refractivity contribution in [1.29, 1.82) is 0 Å². The van der Waals surface area contributed by atoms with Crippen LogP contribution in [0, 0.1) is 6.92 Å². The second-order valence-electron chi connectivity index (χ2n) is 7.86. The fourth-order valence-corrected chi connectivity index (χ4v) is 4.04. The number of aryl methyl sites for hydroxylation is 1. The normalized spacial score (nSPS) is 21.7. The van der Waals surface area contributed by atoms with Crippen LogP contribution in [0.3, 0.4) is 0 Å². The minimum atomic E-state index is -0.191. The van der Waals surface area contributed by atoms with Crippen LogP contribution in [0.5, 0.6) is 0 Å². The number of hydrogen-bond donors (Lipinski definition) is 2. The smallest absolute Gasteiger partial charge is 0.222 e. The highest BCUT2D eigenvalue weighted by atomic mass is 16.5. The van der Waals surface area contributed by atoms with Gasteiger partial charge < -0.3 is 15.4 Å². The third kappa shape index (κ3) is 3.37. The summed E-state index contributed by atoms with van der Waals surface area (Å²) in [7, 11) is 0.